The summed E-state index contributed by atoms with van der Waals surface area (Å²) in [5.41, 5.74) is 1.70. The Balaban J connectivity index is 1.43. The van der Waals surface area contributed by atoms with Gasteiger partial charge < -0.3 is 15.1 Å². The maximum absolute atomic E-state index is 12.9. The third-order valence-electron chi connectivity index (χ3n) is 4.49. The van der Waals surface area contributed by atoms with Gasteiger partial charge in [0.2, 0.25) is 5.91 Å². The Labute approximate surface area is 152 Å². The molecular weight excluding hydrogens is 333 g/mol. The smallest absolute Gasteiger partial charge is 0.321 e. The van der Waals surface area contributed by atoms with E-state index in [4.69, 9.17) is 0 Å². The highest BCUT2D eigenvalue weighted by Gasteiger charge is 2.23. The molecule has 1 N–H and O–H groups in total. The van der Waals surface area contributed by atoms with Gasteiger partial charge in [0.25, 0.3) is 0 Å². The van der Waals surface area contributed by atoms with Crippen LogP contribution in [0.2, 0.25) is 0 Å². The van der Waals surface area contributed by atoms with Gasteiger partial charge in [0.05, 0.1) is 0 Å². The van der Waals surface area contributed by atoms with Crippen molar-refractivity contribution < 1.29 is 14.0 Å². The normalized spacial score (nSPS) is 14.2. The van der Waals surface area contributed by atoms with E-state index >= 15 is 0 Å². The molecule has 5 nitrogen and oxygen atoms in total. The Bertz CT molecular complexity index is 741. The number of benzene rings is 2. The molecule has 0 unspecified atom stereocenters. The van der Waals surface area contributed by atoms with E-state index in [2.05, 4.69) is 5.32 Å². The van der Waals surface area contributed by atoms with Crippen LogP contribution in [0.1, 0.15) is 12.0 Å². The maximum Gasteiger partial charge on any atom is 0.321 e. The molecule has 0 atom stereocenters. The van der Waals surface area contributed by atoms with Gasteiger partial charge in [-0.2, -0.15) is 0 Å². The van der Waals surface area contributed by atoms with Gasteiger partial charge in [0.1, 0.15) is 5.82 Å². The van der Waals surface area contributed by atoms with E-state index in [0.29, 0.717) is 39.0 Å². The molecule has 1 saturated heterocycles. The number of rotatable bonds is 4. The lowest BCUT2D eigenvalue weighted by atomic mass is 10.1. The Morgan fingerprint density at radius 2 is 1.50 bits per heavy atom. The number of urea groups is 1. The number of anilines is 1. The molecule has 1 aliphatic heterocycles. The zero-order valence-corrected chi connectivity index (χ0v) is 14.5. The molecule has 0 saturated carbocycles. The van der Waals surface area contributed by atoms with E-state index in [1.807, 2.05) is 30.3 Å². The number of nitrogens with zero attached hydrogens (tertiary/aromatic N) is 2. The van der Waals surface area contributed by atoms with Crippen molar-refractivity contribution in [2.45, 2.75) is 12.8 Å². The zero-order valence-electron chi connectivity index (χ0n) is 14.5. The van der Waals surface area contributed by atoms with E-state index in [1.54, 1.807) is 21.9 Å². The molecule has 0 radical (unpaired) electrons. The van der Waals surface area contributed by atoms with Gasteiger partial charge in [-0.25, -0.2) is 9.18 Å². The lowest BCUT2D eigenvalue weighted by molar-refractivity contribution is -0.132. The molecule has 0 spiro atoms. The highest BCUT2D eigenvalue weighted by atomic mass is 19.1. The highest BCUT2D eigenvalue weighted by molar-refractivity contribution is 5.89. The first-order valence-electron chi connectivity index (χ1n) is 8.75. The summed E-state index contributed by atoms with van der Waals surface area (Å²) in [5.74, 6) is -0.206. The standard InChI is InChI=1S/C20H22FN3O2/c21-17-9-6-16(7-10-17)8-11-19(25)23-12-14-24(15-13-23)20(26)22-18-4-2-1-3-5-18/h1-7,9-10H,8,11-15H2,(H,22,26). The van der Waals surface area contributed by atoms with Crippen molar-refractivity contribution in [1.29, 1.82) is 0 Å². The quantitative estimate of drug-likeness (QED) is 0.916. The lowest BCUT2D eigenvalue weighted by Gasteiger charge is -2.34. The number of nitrogens with one attached hydrogen (secondary N) is 1. The van der Waals surface area contributed by atoms with E-state index in [0.717, 1.165) is 11.3 Å². The number of carbonyl (C=O) groups is 2. The second-order valence-electron chi connectivity index (χ2n) is 6.29. The average molecular weight is 355 g/mol. The molecular formula is C20H22FN3O2. The molecule has 1 heterocycles. The van der Waals surface area contributed by atoms with Crippen molar-refractivity contribution >= 4 is 17.6 Å². The number of aryl methyl sites for hydroxylation is 1. The van der Waals surface area contributed by atoms with Crippen LogP contribution in [0.25, 0.3) is 0 Å². The number of para-hydroxylation sites is 1. The van der Waals surface area contributed by atoms with Crippen LogP contribution in [0.5, 0.6) is 0 Å². The minimum absolute atomic E-state index is 0.0671. The van der Waals surface area contributed by atoms with Crippen molar-refractivity contribution in [2.75, 3.05) is 31.5 Å². The summed E-state index contributed by atoms with van der Waals surface area (Å²) in [4.78, 5) is 28.1. The molecule has 0 bridgehead atoms. The fourth-order valence-electron chi connectivity index (χ4n) is 2.94. The van der Waals surface area contributed by atoms with Gasteiger partial charge in [0, 0.05) is 38.3 Å². The van der Waals surface area contributed by atoms with Crippen molar-refractivity contribution in [3.63, 3.8) is 0 Å². The van der Waals surface area contributed by atoms with Gasteiger partial charge in [-0.05, 0) is 36.2 Å². The molecule has 2 aromatic carbocycles. The van der Waals surface area contributed by atoms with Crippen molar-refractivity contribution in [1.82, 2.24) is 9.80 Å². The fraction of sp³-hybridized carbons (Fsp3) is 0.300. The van der Waals surface area contributed by atoms with Crippen LogP contribution in [0.15, 0.2) is 54.6 Å². The number of carbonyl (C=O) groups excluding carboxylic acids is 2. The second kappa shape index (κ2) is 8.47. The van der Waals surface area contributed by atoms with Gasteiger partial charge >= 0.3 is 6.03 Å². The summed E-state index contributed by atoms with van der Waals surface area (Å²) >= 11 is 0. The first kappa shape index (κ1) is 17.9. The molecule has 0 aromatic heterocycles. The average Bonchev–Trinajstić information content (AvgIpc) is 2.68. The van der Waals surface area contributed by atoms with Crippen LogP contribution in [-0.2, 0) is 11.2 Å². The summed E-state index contributed by atoms with van der Waals surface area (Å²) in [6.45, 7) is 2.09. The Kier molecular flexibility index (Phi) is 5.84. The Hall–Kier alpha value is -2.89. The number of halogens is 1. The van der Waals surface area contributed by atoms with Crippen molar-refractivity contribution in [2.24, 2.45) is 0 Å². The molecule has 1 aliphatic rings. The predicted octanol–water partition coefficient (Wildman–Crippen LogP) is 3.13. The number of hydrogen-bond acceptors (Lipinski definition) is 2. The first-order chi connectivity index (χ1) is 12.6. The predicted molar refractivity (Wildman–Crippen MR) is 98.3 cm³/mol. The summed E-state index contributed by atoms with van der Waals surface area (Å²) in [6, 6.07) is 15.4. The number of piperazine rings is 1. The van der Waals surface area contributed by atoms with Gasteiger partial charge in [0.15, 0.2) is 0 Å². The topological polar surface area (TPSA) is 52.7 Å². The lowest BCUT2D eigenvalue weighted by Crippen LogP contribution is -2.51. The first-order valence-corrected chi connectivity index (χ1v) is 8.75. The van der Waals surface area contributed by atoms with Crippen LogP contribution in [0.4, 0.5) is 14.9 Å². The molecule has 1 fully saturated rings. The minimum Gasteiger partial charge on any atom is -0.339 e. The number of hydrogen-bond donors (Lipinski definition) is 1. The molecule has 2 aromatic rings. The Morgan fingerprint density at radius 1 is 0.885 bits per heavy atom. The Morgan fingerprint density at radius 3 is 2.15 bits per heavy atom. The number of amides is 3. The summed E-state index contributed by atoms with van der Waals surface area (Å²) in [6.07, 6.45) is 0.982. The third-order valence-corrected chi connectivity index (χ3v) is 4.49. The molecule has 3 amide bonds. The van der Waals surface area contributed by atoms with Gasteiger partial charge in [-0.15, -0.1) is 0 Å². The summed E-state index contributed by atoms with van der Waals surface area (Å²) in [5, 5.41) is 2.86. The van der Waals surface area contributed by atoms with Crippen LogP contribution in [0.3, 0.4) is 0 Å². The summed E-state index contributed by atoms with van der Waals surface area (Å²) < 4.78 is 12.9. The van der Waals surface area contributed by atoms with E-state index < -0.39 is 0 Å². The van der Waals surface area contributed by atoms with Crippen LogP contribution in [0, 0.1) is 5.82 Å². The van der Waals surface area contributed by atoms with E-state index in [-0.39, 0.29) is 17.8 Å². The zero-order chi connectivity index (χ0) is 18.4. The highest BCUT2D eigenvalue weighted by Crippen LogP contribution is 2.11. The van der Waals surface area contributed by atoms with Gasteiger partial charge in [-0.1, -0.05) is 30.3 Å². The van der Waals surface area contributed by atoms with Crippen LogP contribution < -0.4 is 5.32 Å². The molecule has 136 valence electrons. The van der Waals surface area contributed by atoms with E-state index in [9.17, 15) is 14.0 Å². The SMILES string of the molecule is O=C(CCc1ccc(F)cc1)N1CCN(C(=O)Nc2ccccc2)CC1. The van der Waals surface area contributed by atoms with Gasteiger partial charge in [-0.3, -0.25) is 4.79 Å². The second-order valence-corrected chi connectivity index (χ2v) is 6.29. The molecule has 0 aliphatic carbocycles. The van der Waals surface area contributed by atoms with Crippen molar-refractivity contribution in [3.05, 3.63) is 66.0 Å². The van der Waals surface area contributed by atoms with E-state index in [1.165, 1.54) is 12.1 Å². The largest absolute Gasteiger partial charge is 0.339 e. The summed E-state index contributed by atoms with van der Waals surface area (Å²) in [7, 11) is 0. The molecule has 6 heteroatoms. The fourth-order valence-corrected chi connectivity index (χ4v) is 2.94. The maximum atomic E-state index is 12.9. The monoisotopic (exact) mass is 355 g/mol. The molecule has 3 rings (SSSR count). The minimum atomic E-state index is -0.273. The molecule has 26 heavy (non-hydrogen) atoms. The van der Waals surface area contributed by atoms with Crippen LogP contribution in [-0.4, -0.2) is 47.9 Å². The van der Waals surface area contributed by atoms with Crippen LogP contribution >= 0.6 is 0 Å². The third kappa shape index (κ3) is 4.81. The van der Waals surface area contributed by atoms with Crippen molar-refractivity contribution in [3.8, 4) is 0 Å².